The van der Waals surface area contributed by atoms with Crippen molar-refractivity contribution in [2.75, 3.05) is 0 Å². The minimum Gasteiger partial charge on any atom is -0.411 e. The second-order valence-corrected chi connectivity index (χ2v) is 3.34. The van der Waals surface area contributed by atoms with Gasteiger partial charge in [-0.05, 0) is 13.0 Å². The summed E-state index contributed by atoms with van der Waals surface area (Å²) < 4.78 is 0. The lowest BCUT2D eigenvalue weighted by Gasteiger charge is -2.01. The third kappa shape index (κ3) is 2.97. The maximum atomic E-state index is 10.7. The van der Waals surface area contributed by atoms with Crippen molar-refractivity contribution in [2.45, 2.75) is 13.3 Å². The Morgan fingerprint density at radius 3 is 2.47 bits per heavy atom. The lowest BCUT2D eigenvalue weighted by atomic mass is 10.1. The van der Waals surface area contributed by atoms with Gasteiger partial charge in [0.15, 0.2) is 0 Å². The summed E-state index contributed by atoms with van der Waals surface area (Å²) in [5.41, 5.74) is -0.168. The predicted molar refractivity (Wildman–Crippen MR) is 58.4 cm³/mol. The summed E-state index contributed by atoms with van der Waals surface area (Å²) in [5, 5.41) is 32.6. The van der Waals surface area contributed by atoms with E-state index in [1.54, 1.807) is 0 Å². The van der Waals surface area contributed by atoms with Crippen LogP contribution in [0, 0.1) is 20.2 Å². The van der Waals surface area contributed by atoms with Crippen molar-refractivity contribution in [2.24, 2.45) is 5.16 Å². The lowest BCUT2D eigenvalue weighted by Crippen LogP contribution is -2.02. The molecular weight excluding hydrogens is 230 g/mol. The summed E-state index contributed by atoms with van der Waals surface area (Å²) in [6, 6.07) is 3.35. The van der Waals surface area contributed by atoms with Gasteiger partial charge in [0.05, 0.1) is 21.6 Å². The normalized spacial score (nSPS) is 11.2. The Hall–Kier alpha value is -2.51. The Morgan fingerprint density at radius 2 is 2.00 bits per heavy atom. The highest BCUT2D eigenvalue weighted by atomic mass is 16.6. The Kier molecular flexibility index (Phi) is 3.70. The van der Waals surface area contributed by atoms with Crippen LogP contribution < -0.4 is 0 Å². The number of hydrogen-bond acceptors (Lipinski definition) is 6. The standard InChI is InChI=1S/C9H9N3O5/c1-6(10-13)4-7-2-3-8(11(14)15)5-9(7)12(16)17/h2-3,5,13H,4H2,1H3/b10-6-. The van der Waals surface area contributed by atoms with Crippen LogP contribution in [0.25, 0.3) is 0 Å². The number of benzene rings is 1. The van der Waals surface area contributed by atoms with Crippen LogP contribution in [0.4, 0.5) is 11.4 Å². The van der Waals surface area contributed by atoms with Gasteiger partial charge in [0.2, 0.25) is 0 Å². The van der Waals surface area contributed by atoms with Gasteiger partial charge in [0.1, 0.15) is 0 Å². The van der Waals surface area contributed by atoms with Crippen LogP contribution in [0.5, 0.6) is 0 Å². The van der Waals surface area contributed by atoms with Crippen LogP contribution in [0.3, 0.4) is 0 Å². The van der Waals surface area contributed by atoms with Crippen LogP contribution in [-0.4, -0.2) is 20.8 Å². The van der Waals surface area contributed by atoms with E-state index in [0.717, 1.165) is 6.07 Å². The molecule has 0 aliphatic heterocycles. The smallest absolute Gasteiger partial charge is 0.279 e. The molecular formula is C9H9N3O5. The molecule has 0 amide bonds. The number of nitro groups is 2. The lowest BCUT2D eigenvalue weighted by molar-refractivity contribution is -0.394. The molecule has 8 nitrogen and oxygen atoms in total. The van der Waals surface area contributed by atoms with Gasteiger partial charge in [-0.25, -0.2) is 0 Å². The van der Waals surface area contributed by atoms with Crippen LogP contribution >= 0.6 is 0 Å². The first kappa shape index (κ1) is 12.6. The van der Waals surface area contributed by atoms with Crippen molar-refractivity contribution in [3.63, 3.8) is 0 Å². The Morgan fingerprint density at radius 1 is 1.35 bits per heavy atom. The highest BCUT2D eigenvalue weighted by molar-refractivity contribution is 5.84. The second kappa shape index (κ2) is 5.01. The molecule has 17 heavy (non-hydrogen) atoms. The van der Waals surface area contributed by atoms with Gasteiger partial charge < -0.3 is 5.21 Å². The molecule has 0 spiro atoms. The minimum absolute atomic E-state index is 0.0603. The van der Waals surface area contributed by atoms with Crippen LogP contribution in [0.15, 0.2) is 23.4 Å². The molecule has 1 aromatic rings. The van der Waals surface area contributed by atoms with E-state index in [9.17, 15) is 20.2 Å². The van der Waals surface area contributed by atoms with Crippen molar-refractivity contribution >= 4 is 17.1 Å². The predicted octanol–water partition coefficient (Wildman–Crippen LogP) is 1.90. The molecule has 0 bridgehead atoms. The number of hydrogen-bond donors (Lipinski definition) is 1. The van der Waals surface area contributed by atoms with Gasteiger partial charge in [-0.15, -0.1) is 0 Å². The van der Waals surface area contributed by atoms with E-state index in [2.05, 4.69) is 5.16 Å². The molecule has 0 heterocycles. The molecule has 0 aromatic heterocycles. The third-order valence-corrected chi connectivity index (χ3v) is 2.09. The summed E-state index contributed by atoms with van der Waals surface area (Å²) in [4.78, 5) is 19.8. The molecule has 0 fully saturated rings. The SMILES string of the molecule is C/C(Cc1ccc([N+](=O)[O-])cc1[N+](=O)[O-])=N/O. The Balaban J connectivity index is 3.22. The first-order valence-corrected chi connectivity index (χ1v) is 4.55. The molecule has 0 aliphatic rings. The summed E-state index contributed by atoms with van der Waals surface area (Å²) in [6.45, 7) is 1.49. The van der Waals surface area contributed by atoms with Crippen LogP contribution in [0.2, 0.25) is 0 Å². The van der Waals surface area contributed by atoms with Gasteiger partial charge in [-0.1, -0.05) is 5.16 Å². The van der Waals surface area contributed by atoms with E-state index in [-0.39, 0.29) is 29.1 Å². The first-order chi connectivity index (χ1) is 7.95. The number of rotatable bonds is 4. The van der Waals surface area contributed by atoms with E-state index in [0.29, 0.717) is 0 Å². The van der Waals surface area contributed by atoms with Crippen molar-refractivity contribution in [3.05, 3.63) is 44.0 Å². The summed E-state index contributed by atoms with van der Waals surface area (Å²) in [6.07, 6.45) is 0.0603. The number of nitro benzene ring substituents is 2. The summed E-state index contributed by atoms with van der Waals surface area (Å²) >= 11 is 0. The Labute approximate surface area is 95.5 Å². The van der Waals surface area contributed by atoms with Crippen LogP contribution in [-0.2, 0) is 6.42 Å². The monoisotopic (exact) mass is 239 g/mol. The quantitative estimate of drug-likeness (QED) is 0.372. The van der Waals surface area contributed by atoms with Crippen LogP contribution in [0.1, 0.15) is 12.5 Å². The highest BCUT2D eigenvalue weighted by Gasteiger charge is 2.19. The fourth-order valence-electron chi connectivity index (χ4n) is 1.30. The Bertz CT molecular complexity index is 497. The van der Waals surface area contributed by atoms with E-state index in [1.807, 2.05) is 0 Å². The number of nitrogens with zero attached hydrogens (tertiary/aromatic N) is 3. The molecule has 0 saturated carbocycles. The molecule has 90 valence electrons. The van der Waals surface area contributed by atoms with E-state index in [4.69, 9.17) is 5.21 Å². The first-order valence-electron chi connectivity index (χ1n) is 4.55. The maximum Gasteiger partial charge on any atom is 0.279 e. The van der Waals surface area contributed by atoms with E-state index < -0.39 is 9.85 Å². The molecule has 0 saturated heterocycles. The zero-order valence-corrected chi connectivity index (χ0v) is 8.86. The summed E-state index contributed by atoms with van der Waals surface area (Å²) in [5.74, 6) is 0. The van der Waals surface area contributed by atoms with Gasteiger partial charge in [-0.3, -0.25) is 20.2 Å². The molecule has 1 N–H and O–H groups in total. The molecule has 1 rings (SSSR count). The summed E-state index contributed by atoms with van der Waals surface area (Å²) in [7, 11) is 0. The largest absolute Gasteiger partial charge is 0.411 e. The second-order valence-electron chi connectivity index (χ2n) is 3.34. The number of non-ortho nitro benzene ring substituents is 1. The maximum absolute atomic E-state index is 10.7. The average Bonchev–Trinajstić information content (AvgIpc) is 2.28. The topological polar surface area (TPSA) is 119 Å². The van der Waals surface area contributed by atoms with Gasteiger partial charge in [0.25, 0.3) is 11.4 Å². The highest BCUT2D eigenvalue weighted by Crippen LogP contribution is 2.25. The van der Waals surface area contributed by atoms with Crippen molar-refractivity contribution in [1.82, 2.24) is 0 Å². The fraction of sp³-hybridized carbons (Fsp3) is 0.222. The third-order valence-electron chi connectivity index (χ3n) is 2.09. The van der Waals surface area contributed by atoms with Crippen molar-refractivity contribution < 1.29 is 15.1 Å². The minimum atomic E-state index is -0.705. The van der Waals surface area contributed by atoms with Gasteiger partial charge in [-0.2, -0.15) is 0 Å². The van der Waals surface area contributed by atoms with E-state index in [1.165, 1.54) is 19.1 Å². The molecule has 8 heteroatoms. The fourth-order valence-corrected chi connectivity index (χ4v) is 1.30. The average molecular weight is 239 g/mol. The van der Waals surface area contributed by atoms with Crippen molar-refractivity contribution in [3.8, 4) is 0 Å². The van der Waals surface area contributed by atoms with E-state index >= 15 is 0 Å². The number of oxime groups is 1. The molecule has 1 aromatic carbocycles. The van der Waals surface area contributed by atoms with Gasteiger partial charge >= 0.3 is 0 Å². The molecule has 0 atom stereocenters. The molecule has 0 unspecified atom stereocenters. The zero-order valence-electron chi connectivity index (χ0n) is 8.86. The van der Waals surface area contributed by atoms with Gasteiger partial charge in [0, 0.05) is 18.1 Å². The van der Waals surface area contributed by atoms with Crippen molar-refractivity contribution in [1.29, 1.82) is 0 Å². The molecule has 0 aliphatic carbocycles. The zero-order chi connectivity index (χ0) is 13.0. The molecule has 0 radical (unpaired) electrons.